The van der Waals surface area contributed by atoms with Crippen LogP contribution in [0.3, 0.4) is 0 Å². The second-order valence-electron chi connectivity index (χ2n) is 4.63. The highest BCUT2D eigenvalue weighted by Crippen LogP contribution is 2.24. The number of carbonyl (C=O) groups is 1. The van der Waals surface area contributed by atoms with Crippen LogP contribution in [0.15, 0.2) is 24.4 Å². The van der Waals surface area contributed by atoms with E-state index in [0.29, 0.717) is 28.7 Å². The molecule has 1 unspecified atom stereocenters. The van der Waals surface area contributed by atoms with Gasteiger partial charge in [-0.3, -0.25) is 4.79 Å². The average Bonchev–Trinajstić information content (AvgIpc) is 2.88. The van der Waals surface area contributed by atoms with Crippen molar-refractivity contribution in [1.29, 1.82) is 0 Å². The van der Waals surface area contributed by atoms with Crippen molar-refractivity contribution in [1.82, 2.24) is 10.6 Å². The van der Waals surface area contributed by atoms with Crippen molar-refractivity contribution in [3.63, 3.8) is 0 Å². The number of carboxylic acid groups (broad SMARTS) is 1. The Bertz CT molecular complexity index is 548. The molecule has 2 rings (SSSR count). The number of aliphatic carboxylic acids is 1. The van der Waals surface area contributed by atoms with E-state index in [1.54, 1.807) is 24.4 Å². The minimum atomic E-state index is -0.837. The highest BCUT2D eigenvalue weighted by Gasteiger charge is 2.28. The first kappa shape index (κ1) is 15.0. The van der Waals surface area contributed by atoms with Crippen molar-refractivity contribution >= 4 is 34.9 Å². The van der Waals surface area contributed by atoms with Gasteiger partial charge in [-0.25, -0.2) is 0 Å². The molecule has 1 aromatic rings. The Balaban J connectivity index is 1.97. The van der Waals surface area contributed by atoms with Gasteiger partial charge < -0.3 is 21.5 Å². The Morgan fingerprint density at radius 3 is 2.80 bits per heavy atom. The first-order valence-electron chi connectivity index (χ1n) is 6.10. The highest BCUT2D eigenvalue weighted by molar-refractivity contribution is 6.42. The second kappa shape index (κ2) is 6.35. The summed E-state index contributed by atoms with van der Waals surface area (Å²) in [6.07, 6.45) is 2.18. The molecule has 1 fully saturated rings. The molecule has 1 heterocycles. The van der Waals surface area contributed by atoms with Crippen LogP contribution in [0.5, 0.6) is 0 Å². The molecule has 1 aliphatic heterocycles. The molecule has 1 aliphatic rings. The molecule has 0 amide bonds. The van der Waals surface area contributed by atoms with Crippen molar-refractivity contribution in [2.75, 3.05) is 6.54 Å². The van der Waals surface area contributed by atoms with Gasteiger partial charge in [0.2, 0.25) is 0 Å². The predicted molar refractivity (Wildman–Crippen MR) is 79.6 cm³/mol. The molecule has 0 saturated carbocycles. The molecule has 1 aromatic carbocycles. The molecule has 0 aromatic heterocycles. The normalized spacial score (nSPS) is 22.8. The van der Waals surface area contributed by atoms with Crippen LogP contribution in [0.4, 0.5) is 0 Å². The van der Waals surface area contributed by atoms with Crippen molar-refractivity contribution < 1.29 is 9.90 Å². The number of benzene rings is 1. The summed E-state index contributed by atoms with van der Waals surface area (Å²) < 4.78 is 0. The lowest BCUT2D eigenvalue weighted by Crippen LogP contribution is -2.30. The number of rotatable bonds is 4. The van der Waals surface area contributed by atoms with Crippen molar-refractivity contribution in [3.05, 3.63) is 40.0 Å². The largest absolute Gasteiger partial charge is 0.480 e. The number of hydrogen-bond donors (Lipinski definition) is 4. The van der Waals surface area contributed by atoms with Crippen LogP contribution in [0.25, 0.3) is 5.70 Å². The zero-order chi connectivity index (χ0) is 14.7. The molecule has 2 atom stereocenters. The SMILES string of the molecule is N/C(=C\NC1CN[C@H](C(=O)O)C1)c1ccc(Cl)c(Cl)c1. The van der Waals surface area contributed by atoms with Gasteiger partial charge in [0.1, 0.15) is 6.04 Å². The fourth-order valence-electron chi connectivity index (χ4n) is 2.02. The summed E-state index contributed by atoms with van der Waals surface area (Å²) in [6, 6.07) is 4.67. The molecule has 0 spiro atoms. The number of nitrogens with two attached hydrogens (primary N) is 1. The first-order valence-corrected chi connectivity index (χ1v) is 6.86. The quantitative estimate of drug-likeness (QED) is 0.678. The van der Waals surface area contributed by atoms with Gasteiger partial charge in [-0.2, -0.15) is 0 Å². The lowest BCUT2D eigenvalue weighted by atomic mass is 10.1. The van der Waals surface area contributed by atoms with Gasteiger partial charge in [0.25, 0.3) is 0 Å². The Morgan fingerprint density at radius 1 is 1.45 bits per heavy atom. The molecule has 0 aliphatic carbocycles. The molecular formula is C13H15Cl2N3O2. The molecule has 0 radical (unpaired) electrons. The van der Waals surface area contributed by atoms with Gasteiger partial charge in [0.05, 0.1) is 15.7 Å². The highest BCUT2D eigenvalue weighted by atomic mass is 35.5. The van der Waals surface area contributed by atoms with Crippen LogP contribution in [0, 0.1) is 0 Å². The van der Waals surface area contributed by atoms with E-state index in [9.17, 15) is 4.79 Å². The van der Waals surface area contributed by atoms with Gasteiger partial charge >= 0.3 is 5.97 Å². The molecule has 1 saturated heterocycles. The van der Waals surface area contributed by atoms with Crippen LogP contribution >= 0.6 is 23.2 Å². The Morgan fingerprint density at radius 2 is 2.20 bits per heavy atom. The van der Waals surface area contributed by atoms with Crippen LogP contribution in [0.1, 0.15) is 12.0 Å². The van der Waals surface area contributed by atoms with E-state index in [4.69, 9.17) is 34.0 Å². The second-order valence-corrected chi connectivity index (χ2v) is 5.44. The number of nitrogens with one attached hydrogen (secondary N) is 2. The summed E-state index contributed by atoms with van der Waals surface area (Å²) >= 11 is 11.8. The van der Waals surface area contributed by atoms with Crippen LogP contribution in [0.2, 0.25) is 10.0 Å². The standard InChI is InChI=1S/C13H15Cl2N3O2/c14-9-2-1-7(3-10(9)15)11(16)6-17-8-4-12(13(19)20)18-5-8/h1-3,6,8,12,17-18H,4-5,16H2,(H,19,20)/b11-6-/t8?,12-/m0/s1. The molecular weight excluding hydrogens is 301 g/mol. The van der Waals surface area contributed by atoms with E-state index >= 15 is 0 Å². The van der Waals surface area contributed by atoms with Gasteiger partial charge in [-0.05, 0) is 18.6 Å². The Labute approximate surface area is 126 Å². The third kappa shape index (κ3) is 3.56. The zero-order valence-corrected chi connectivity index (χ0v) is 12.1. The lowest BCUT2D eigenvalue weighted by molar-refractivity contribution is -0.139. The van der Waals surface area contributed by atoms with E-state index in [-0.39, 0.29) is 6.04 Å². The number of halogens is 2. The van der Waals surface area contributed by atoms with Crippen LogP contribution in [-0.2, 0) is 4.79 Å². The first-order chi connectivity index (χ1) is 9.47. The van der Waals surface area contributed by atoms with Crippen LogP contribution in [-0.4, -0.2) is 29.7 Å². The predicted octanol–water partition coefficient (Wildman–Crippen LogP) is 1.66. The van der Waals surface area contributed by atoms with Crippen molar-refractivity contribution in [3.8, 4) is 0 Å². The number of carboxylic acids is 1. The summed E-state index contributed by atoms with van der Waals surface area (Å²) in [4.78, 5) is 10.8. The summed E-state index contributed by atoms with van der Waals surface area (Å²) in [5.74, 6) is -0.837. The molecule has 7 heteroatoms. The molecule has 5 N–H and O–H groups in total. The maximum atomic E-state index is 10.8. The van der Waals surface area contributed by atoms with E-state index in [0.717, 1.165) is 5.56 Å². The third-order valence-electron chi connectivity index (χ3n) is 3.16. The van der Waals surface area contributed by atoms with E-state index in [1.807, 2.05) is 0 Å². The van der Waals surface area contributed by atoms with Gasteiger partial charge in [0.15, 0.2) is 0 Å². The molecule has 108 valence electrons. The Kier molecular flexibility index (Phi) is 4.75. The number of hydrogen-bond acceptors (Lipinski definition) is 4. The Hall–Kier alpha value is -1.43. The molecule has 0 bridgehead atoms. The summed E-state index contributed by atoms with van der Waals surface area (Å²) in [6.45, 7) is 0.585. The maximum absolute atomic E-state index is 10.8. The topological polar surface area (TPSA) is 87.4 Å². The minimum absolute atomic E-state index is 0.0393. The van der Waals surface area contributed by atoms with E-state index in [2.05, 4.69) is 10.6 Å². The van der Waals surface area contributed by atoms with Crippen molar-refractivity contribution in [2.24, 2.45) is 5.73 Å². The molecule has 5 nitrogen and oxygen atoms in total. The summed E-state index contributed by atoms with van der Waals surface area (Å²) in [5.41, 5.74) is 7.22. The average molecular weight is 316 g/mol. The van der Waals surface area contributed by atoms with Gasteiger partial charge in [-0.1, -0.05) is 29.3 Å². The van der Waals surface area contributed by atoms with Crippen molar-refractivity contribution in [2.45, 2.75) is 18.5 Å². The fraction of sp³-hybridized carbons (Fsp3) is 0.308. The minimum Gasteiger partial charge on any atom is -0.480 e. The monoisotopic (exact) mass is 315 g/mol. The zero-order valence-electron chi connectivity index (χ0n) is 10.6. The van der Waals surface area contributed by atoms with Gasteiger partial charge in [0, 0.05) is 24.4 Å². The van der Waals surface area contributed by atoms with E-state index < -0.39 is 12.0 Å². The van der Waals surface area contributed by atoms with Gasteiger partial charge in [-0.15, -0.1) is 0 Å². The maximum Gasteiger partial charge on any atom is 0.320 e. The third-order valence-corrected chi connectivity index (χ3v) is 3.90. The fourth-order valence-corrected chi connectivity index (χ4v) is 2.32. The van der Waals surface area contributed by atoms with E-state index in [1.165, 1.54) is 0 Å². The lowest BCUT2D eigenvalue weighted by Gasteiger charge is -2.10. The molecule has 20 heavy (non-hydrogen) atoms. The smallest absolute Gasteiger partial charge is 0.320 e. The van der Waals surface area contributed by atoms with Crippen LogP contribution < -0.4 is 16.4 Å². The summed E-state index contributed by atoms with van der Waals surface area (Å²) in [5, 5.41) is 15.8. The summed E-state index contributed by atoms with van der Waals surface area (Å²) in [7, 11) is 0.